The van der Waals surface area contributed by atoms with Crippen LogP contribution in [-0.4, -0.2) is 37.4 Å². The van der Waals surface area contributed by atoms with Crippen molar-refractivity contribution in [3.05, 3.63) is 41.1 Å². The first-order valence-corrected chi connectivity index (χ1v) is 8.68. The minimum atomic E-state index is 0.414. The van der Waals surface area contributed by atoms with Crippen molar-refractivity contribution in [3.8, 4) is 11.5 Å². The first kappa shape index (κ1) is 18.2. The fraction of sp³-hybridized carbons (Fsp3) is 0.222. The SMILES string of the molecule is COCCOc1cc2ncnc(Nc3cc(Br)ccc3OC)c2cc1N. The Labute approximate surface area is 159 Å². The zero-order chi connectivity index (χ0) is 18.5. The molecule has 2 aromatic carbocycles. The van der Waals surface area contributed by atoms with Crippen molar-refractivity contribution in [2.24, 2.45) is 0 Å². The van der Waals surface area contributed by atoms with E-state index < -0.39 is 0 Å². The van der Waals surface area contributed by atoms with Gasteiger partial charge in [-0.3, -0.25) is 0 Å². The third kappa shape index (κ3) is 3.97. The second kappa shape index (κ2) is 8.20. The topological polar surface area (TPSA) is 91.5 Å². The summed E-state index contributed by atoms with van der Waals surface area (Å²) >= 11 is 3.46. The smallest absolute Gasteiger partial charge is 0.144 e. The molecule has 3 aromatic rings. The van der Waals surface area contributed by atoms with E-state index in [9.17, 15) is 0 Å². The Balaban J connectivity index is 1.97. The second-order valence-electron chi connectivity index (χ2n) is 5.44. The molecule has 0 aliphatic rings. The van der Waals surface area contributed by atoms with Crippen molar-refractivity contribution in [3.63, 3.8) is 0 Å². The number of anilines is 3. The Morgan fingerprint density at radius 2 is 1.92 bits per heavy atom. The van der Waals surface area contributed by atoms with Crippen molar-refractivity contribution >= 4 is 44.0 Å². The molecule has 0 saturated heterocycles. The average molecular weight is 419 g/mol. The van der Waals surface area contributed by atoms with Gasteiger partial charge in [0.15, 0.2) is 0 Å². The number of nitrogens with zero attached hydrogens (tertiary/aromatic N) is 2. The van der Waals surface area contributed by atoms with Crippen LogP contribution in [0.5, 0.6) is 11.5 Å². The first-order valence-electron chi connectivity index (χ1n) is 7.89. The van der Waals surface area contributed by atoms with Crippen molar-refractivity contribution in [1.82, 2.24) is 9.97 Å². The number of nitrogens with two attached hydrogens (primary N) is 1. The van der Waals surface area contributed by atoms with Gasteiger partial charge in [-0.25, -0.2) is 9.97 Å². The van der Waals surface area contributed by atoms with Crippen LogP contribution in [0.25, 0.3) is 10.9 Å². The molecule has 7 nitrogen and oxygen atoms in total. The van der Waals surface area contributed by atoms with E-state index in [2.05, 4.69) is 31.2 Å². The minimum Gasteiger partial charge on any atom is -0.495 e. The zero-order valence-electron chi connectivity index (χ0n) is 14.5. The summed E-state index contributed by atoms with van der Waals surface area (Å²) in [5.41, 5.74) is 8.14. The number of halogens is 1. The van der Waals surface area contributed by atoms with Crippen LogP contribution in [0.3, 0.4) is 0 Å². The molecule has 3 rings (SSSR count). The molecule has 0 amide bonds. The van der Waals surface area contributed by atoms with Crippen LogP contribution in [0.4, 0.5) is 17.2 Å². The van der Waals surface area contributed by atoms with Gasteiger partial charge in [0.1, 0.15) is 30.3 Å². The van der Waals surface area contributed by atoms with Crippen LogP contribution in [-0.2, 0) is 4.74 Å². The summed E-state index contributed by atoms with van der Waals surface area (Å²) in [6.07, 6.45) is 1.49. The fourth-order valence-electron chi connectivity index (χ4n) is 2.47. The predicted octanol–water partition coefficient (Wildman–Crippen LogP) is 3.75. The Kier molecular flexibility index (Phi) is 5.75. The summed E-state index contributed by atoms with van der Waals surface area (Å²) in [6.45, 7) is 0.897. The van der Waals surface area contributed by atoms with Crippen LogP contribution in [0.1, 0.15) is 0 Å². The Morgan fingerprint density at radius 3 is 2.69 bits per heavy atom. The molecule has 0 saturated carbocycles. The molecule has 3 N–H and O–H groups in total. The monoisotopic (exact) mass is 418 g/mol. The summed E-state index contributed by atoms with van der Waals surface area (Å²) in [5, 5.41) is 4.07. The predicted molar refractivity (Wildman–Crippen MR) is 105 cm³/mol. The van der Waals surface area contributed by atoms with Gasteiger partial charge in [0.2, 0.25) is 0 Å². The van der Waals surface area contributed by atoms with Gasteiger partial charge in [0.05, 0.1) is 30.6 Å². The lowest BCUT2D eigenvalue weighted by Gasteiger charge is -2.14. The quantitative estimate of drug-likeness (QED) is 0.445. The van der Waals surface area contributed by atoms with Crippen LogP contribution in [0.2, 0.25) is 0 Å². The molecule has 1 heterocycles. The Hall–Kier alpha value is -2.58. The van der Waals surface area contributed by atoms with Crippen LogP contribution in [0.15, 0.2) is 41.1 Å². The summed E-state index contributed by atoms with van der Waals surface area (Å²) in [6, 6.07) is 9.28. The summed E-state index contributed by atoms with van der Waals surface area (Å²) in [4.78, 5) is 8.66. The van der Waals surface area contributed by atoms with E-state index in [1.807, 2.05) is 18.2 Å². The average Bonchev–Trinajstić information content (AvgIpc) is 2.63. The molecule has 1 aromatic heterocycles. The molecule has 0 spiro atoms. The third-order valence-corrected chi connectivity index (χ3v) is 4.22. The van der Waals surface area contributed by atoms with Crippen LogP contribution in [0, 0.1) is 0 Å². The van der Waals surface area contributed by atoms with Gasteiger partial charge < -0.3 is 25.3 Å². The highest BCUT2D eigenvalue weighted by Gasteiger charge is 2.11. The molecular weight excluding hydrogens is 400 g/mol. The number of hydrogen-bond acceptors (Lipinski definition) is 7. The van der Waals surface area contributed by atoms with Crippen LogP contribution >= 0.6 is 15.9 Å². The number of fused-ring (bicyclic) bond motifs is 1. The lowest BCUT2D eigenvalue weighted by atomic mass is 10.2. The number of rotatable bonds is 7. The van der Waals surface area contributed by atoms with Gasteiger partial charge in [-0.1, -0.05) is 15.9 Å². The minimum absolute atomic E-state index is 0.414. The van der Waals surface area contributed by atoms with E-state index >= 15 is 0 Å². The molecule has 0 atom stereocenters. The lowest BCUT2D eigenvalue weighted by Crippen LogP contribution is -2.06. The van der Waals surface area contributed by atoms with Gasteiger partial charge in [-0.15, -0.1) is 0 Å². The van der Waals surface area contributed by atoms with Gasteiger partial charge >= 0.3 is 0 Å². The summed E-state index contributed by atoms with van der Waals surface area (Å²) < 4.78 is 17.0. The maximum absolute atomic E-state index is 6.13. The zero-order valence-corrected chi connectivity index (χ0v) is 16.0. The molecule has 0 fully saturated rings. The van der Waals surface area contributed by atoms with Crippen molar-refractivity contribution in [2.45, 2.75) is 0 Å². The van der Waals surface area contributed by atoms with E-state index in [-0.39, 0.29) is 0 Å². The van der Waals surface area contributed by atoms with Crippen LogP contribution < -0.4 is 20.5 Å². The van der Waals surface area contributed by atoms with Gasteiger partial charge in [0.25, 0.3) is 0 Å². The number of ether oxygens (including phenoxy) is 3. The second-order valence-corrected chi connectivity index (χ2v) is 6.36. The normalized spacial score (nSPS) is 10.7. The number of nitrogens with one attached hydrogen (secondary N) is 1. The summed E-state index contributed by atoms with van der Waals surface area (Å²) in [5.74, 6) is 1.90. The fourth-order valence-corrected chi connectivity index (χ4v) is 2.83. The summed E-state index contributed by atoms with van der Waals surface area (Å²) in [7, 11) is 3.24. The van der Waals surface area contributed by atoms with E-state index in [0.717, 1.165) is 21.1 Å². The molecule has 26 heavy (non-hydrogen) atoms. The molecule has 0 unspecified atom stereocenters. The van der Waals surface area contributed by atoms with E-state index in [1.54, 1.807) is 26.4 Å². The number of benzene rings is 2. The van der Waals surface area contributed by atoms with Gasteiger partial charge in [0, 0.05) is 23.0 Å². The number of hydrogen-bond donors (Lipinski definition) is 2. The Morgan fingerprint density at radius 1 is 1.08 bits per heavy atom. The largest absolute Gasteiger partial charge is 0.495 e. The van der Waals surface area contributed by atoms with E-state index in [1.165, 1.54) is 6.33 Å². The number of aromatic nitrogens is 2. The number of methoxy groups -OCH3 is 2. The molecule has 0 bridgehead atoms. The standard InChI is InChI=1S/C18H19BrN4O3/c1-24-5-6-26-17-9-14-12(8-13(17)20)18(22-10-21-14)23-15-7-11(19)3-4-16(15)25-2/h3-4,7-10H,5-6,20H2,1-2H3,(H,21,22,23). The van der Waals surface area contributed by atoms with Crippen molar-refractivity contribution in [2.75, 3.05) is 38.5 Å². The highest BCUT2D eigenvalue weighted by molar-refractivity contribution is 9.10. The highest BCUT2D eigenvalue weighted by Crippen LogP contribution is 2.34. The third-order valence-electron chi connectivity index (χ3n) is 3.73. The van der Waals surface area contributed by atoms with Crippen molar-refractivity contribution in [1.29, 1.82) is 0 Å². The molecule has 0 radical (unpaired) electrons. The molecule has 8 heteroatoms. The van der Waals surface area contributed by atoms with Gasteiger partial charge in [-0.2, -0.15) is 0 Å². The molecule has 136 valence electrons. The van der Waals surface area contributed by atoms with E-state index in [0.29, 0.717) is 36.2 Å². The first-order chi connectivity index (χ1) is 12.6. The lowest BCUT2D eigenvalue weighted by molar-refractivity contribution is 0.147. The number of nitrogen functional groups attached to an aromatic ring is 1. The maximum atomic E-state index is 6.13. The van der Waals surface area contributed by atoms with Crippen molar-refractivity contribution < 1.29 is 14.2 Å². The molecule has 0 aliphatic heterocycles. The molecular formula is C18H19BrN4O3. The Bertz CT molecular complexity index is 920. The highest BCUT2D eigenvalue weighted by atomic mass is 79.9. The van der Waals surface area contributed by atoms with E-state index in [4.69, 9.17) is 19.9 Å². The maximum Gasteiger partial charge on any atom is 0.144 e. The van der Waals surface area contributed by atoms with Gasteiger partial charge in [-0.05, 0) is 24.3 Å². The molecule has 0 aliphatic carbocycles.